The molecule has 0 radical (unpaired) electrons. The van der Waals surface area contributed by atoms with Gasteiger partial charge in [-0.05, 0) is 142 Å². The molecule has 0 bridgehead atoms. The fourth-order valence-corrected chi connectivity index (χ4v) is 17.5. The first kappa shape index (κ1) is 58.5. The molecule has 5 heteroatoms. The van der Waals surface area contributed by atoms with Gasteiger partial charge in [-0.3, -0.25) is 0 Å². The standard InChI is InChI=1S/C98H62BN3O/c1-6-29-63(30-7-1)72-47-26-48-73(64-31-8-2-9-32-64)97(72)101-87-58-56-68(71-46-28-54-92-95(71)82-45-22-25-53-91(82)103-92)59-84(87)99-83-57-55-69(94-80-43-18-16-41-78(80)93(67-37-14-5-15-38-67)79-42-17-19-44-81(79)94)60-88(83)102(98-74(65-33-10-3-11-34-65)49-27-50-75(98)66-35-12-4-13-36-66)90-62-70(61-89(101)96(90)99)100-85-51-23-20-39-76(85)77-40-21-24-52-86(77)100/h1-62H. The van der Waals surface area contributed by atoms with Gasteiger partial charge < -0.3 is 18.8 Å². The van der Waals surface area contributed by atoms with Crippen LogP contribution in [0.3, 0.4) is 0 Å². The van der Waals surface area contributed by atoms with E-state index in [0.717, 1.165) is 134 Å². The molecule has 4 heterocycles. The SMILES string of the molecule is c1ccc(-c2cccc(-c3ccccc3)c2N2c3ccc(-c4cccc5oc6ccccc6c45)cc3B3c4ccc(-c5c6ccccc6c(-c6ccccc6)c6ccccc56)cc4N(c4c(-c5ccccc5)cccc4-c4ccccc4)c4cc(-n5c6ccccc6c6ccccc65)cc2c43)cc1. The van der Waals surface area contributed by atoms with Crippen molar-refractivity contribution in [2.45, 2.75) is 0 Å². The summed E-state index contributed by atoms with van der Waals surface area (Å²) in [6, 6.07) is 140. The van der Waals surface area contributed by atoms with Crippen LogP contribution in [0.5, 0.6) is 0 Å². The lowest BCUT2D eigenvalue weighted by atomic mass is 9.33. The molecule has 0 saturated carbocycles. The van der Waals surface area contributed by atoms with Crippen molar-refractivity contribution < 1.29 is 4.42 Å². The third kappa shape index (κ3) is 9.12. The van der Waals surface area contributed by atoms with E-state index in [9.17, 15) is 0 Å². The molecule has 4 nitrogen and oxygen atoms in total. The molecule has 0 atom stereocenters. The van der Waals surface area contributed by atoms with Gasteiger partial charge in [-0.1, -0.05) is 328 Å². The normalized spacial score (nSPS) is 12.4. The summed E-state index contributed by atoms with van der Waals surface area (Å²) in [5, 5.41) is 9.41. The zero-order valence-corrected chi connectivity index (χ0v) is 56.1. The lowest BCUT2D eigenvalue weighted by molar-refractivity contribution is 0.669. The fraction of sp³-hybridized carbons (Fsp3) is 0. The topological polar surface area (TPSA) is 24.6 Å². The van der Waals surface area contributed by atoms with Gasteiger partial charge in [0.15, 0.2) is 0 Å². The van der Waals surface area contributed by atoms with Crippen LogP contribution in [-0.4, -0.2) is 11.3 Å². The second-order valence-electron chi connectivity index (χ2n) is 27.3. The van der Waals surface area contributed by atoms with E-state index in [1.54, 1.807) is 0 Å². The summed E-state index contributed by atoms with van der Waals surface area (Å²) in [5.74, 6) is 0. The lowest BCUT2D eigenvalue weighted by Crippen LogP contribution is -2.61. The first-order valence-corrected chi connectivity index (χ1v) is 35.6. The quantitative estimate of drug-likeness (QED) is 0.101. The van der Waals surface area contributed by atoms with E-state index in [-0.39, 0.29) is 6.71 Å². The van der Waals surface area contributed by atoms with Crippen LogP contribution >= 0.6 is 0 Å². The van der Waals surface area contributed by atoms with Gasteiger partial charge in [0.25, 0.3) is 6.71 Å². The van der Waals surface area contributed by atoms with E-state index in [0.29, 0.717) is 0 Å². The molecule has 0 N–H and O–H groups in total. The van der Waals surface area contributed by atoms with E-state index in [1.807, 2.05) is 0 Å². The van der Waals surface area contributed by atoms with E-state index in [4.69, 9.17) is 4.42 Å². The summed E-state index contributed by atoms with van der Waals surface area (Å²) in [6.07, 6.45) is 0. The number of fused-ring (bicyclic) bond motifs is 12. The number of rotatable bonds is 10. The van der Waals surface area contributed by atoms with Crippen LogP contribution in [0.2, 0.25) is 0 Å². The highest BCUT2D eigenvalue weighted by Crippen LogP contribution is 2.55. The molecule has 2 aromatic heterocycles. The largest absolute Gasteiger partial charge is 0.456 e. The highest BCUT2D eigenvalue weighted by Gasteiger charge is 2.46. The molecule has 103 heavy (non-hydrogen) atoms. The number of aromatic nitrogens is 1. The average Bonchev–Trinajstić information content (AvgIpc) is 1.65. The van der Waals surface area contributed by atoms with Gasteiger partial charge in [-0.25, -0.2) is 0 Å². The molecule has 0 saturated heterocycles. The summed E-state index contributed by atoms with van der Waals surface area (Å²) < 4.78 is 9.25. The van der Waals surface area contributed by atoms with Crippen molar-refractivity contribution in [2.75, 3.05) is 9.80 Å². The zero-order chi connectivity index (χ0) is 67.6. The Bertz CT molecular complexity index is 6400. The second kappa shape index (κ2) is 23.6. The molecule has 2 aliphatic rings. The summed E-state index contributed by atoms with van der Waals surface area (Å²) >= 11 is 0. The maximum Gasteiger partial charge on any atom is 0.252 e. The van der Waals surface area contributed by atoms with Gasteiger partial charge in [0.2, 0.25) is 0 Å². The van der Waals surface area contributed by atoms with E-state index >= 15 is 0 Å². The Kier molecular flexibility index (Phi) is 13.4. The van der Waals surface area contributed by atoms with Gasteiger partial charge in [-0.15, -0.1) is 0 Å². The zero-order valence-electron chi connectivity index (χ0n) is 56.1. The Morgan fingerprint density at radius 2 is 0.621 bits per heavy atom. The summed E-state index contributed by atoms with van der Waals surface area (Å²) in [5.41, 5.74) is 31.2. The van der Waals surface area contributed by atoms with Crippen molar-refractivity contribution in [1.82, 2.24) is 4.57 Å². The van der Waals surface area contributed by atoms with Crippen molar-refractivity contribution in [1.29, 1.82) is 0 Å². The van der Waals surface area contributed by atoms with E-state index < -0.39 is 0 Å². The molecule has 0 amide bonds. The van der Waals surface area contributed by atoms with Crippen molar-refractivity contribution in [3.05, 3.63) is 376 Å². The molecule has 0 fully saturated rings. The maximum absolute atomic E-state index is 6.72. The maximum atomic E-state index is 6.72. The Labute approximate surface area is 597 Å². The average molecular weight is 1310 g/mol. The number of hydrogen-bond acceptors (Lipinski definition) is 3. The number of para-hydroxylation sites is 5. The van der Waals surface area contributed by atoms with Crippen LogP contribution in [0, 0.1) is 0 Å². The van der Waals surface area contributed by atoms with Crippen LogP contribution < -0.4 is 26.2 Å². The highest BCUT2D eigenvalue weighted by atomic mass is 16.3. The van der Waals surface area contributed by atoms with Crippen molar-refractivity contribution in [3.8, 4) is 83.6 Å². The number of anilines is 6. The van der Waals surface area contributed by atoms with Gasteiger partial charge in [0, 0.05) is 66.5 Å². The summed E-state index contributed by atoms with van der Waals surface area (Å²) in [6.45, 7) is -0.314. The van der Waals surface area contributed by atoms with Crippen molar-refractivity contribution >= 4 is 123 Å². The van der Waals surface area contributed by atoms with Gasteiger partial charge >= 0.3 is 0 Å². The first-order chi connectivity index (χ1) is 51.2. The number of benzene rings is 17. The number of hydrogen-bond donors (Lipinski definition) is 0. The predicted octanol–water partition coefficient (Wildman–Crippen LogP) is 24.7. The second-order valence-corrected chi connectivity index (χ2v) is 27.3. The third-order valence-electron chi connectivity index (χ3n) is 21.7. The number of nitrogens with zero attached hydrogens (tertiary/aromatic N) is 3. The van der Waals surface area contributed by atoms with Crippen LogP contribution in [0.15, 0.2) is 381 Å². The highest BCUT2D eigenvalue weighted by molar-refractivity contribution is 7.00. The molecule has 2 aliphatic heterocycles. The Balaban J connectivity index is 0.958. The molecule has 478 valence electrons. The monoisotopic (exact) mass is 1310 g/mol. The van der Waals surface area contributed by atoms with Crippen LogP contribution in [-0.2, 0) is 0 Å². The van der Waals surface area contributed by atoms with Crippen molar-refractivity contribution in [3.63, 3.8) is 0 Å². The van der Waals surface area contributed by atoms with E-state index in [1.165, 1.54) is 65.4 Å². The van der Waals surface area contributed by atoms with Crippen LogP contribution in [0.25, 0.3) is 149 Å². The third-order valence-corrected chi connectivity index (χ3v) is 21.7. The summed E-state index contributed by atoms with van der Waals surface area (Å²) in [4.78, 5) is 5.36. The van der Waals surface area contributed by atoms with Gasteiger partial charge in [-0.2, -0.15) is 0 Å². The fourth-order valence-electron chi connectivity index (χ4n) is 17.5. The van der Waals surface area contributed by atoms with Gasteiger partial charge in [0.05, 0.1) is 28.1 Å². The minimum absolute atomic E-state index is 0.314. The minimum Gasteiger partial charge on any atom is -0.456 e. The smallest absolute Gasteiger partial charge is 0.252 e. The Morgan fingerprint density at radius 3 is 1.13 bits per heavy atom. The molecule has 19 aromatic rings. The molecular formula is C98H62BN3O. The van der Waals surface area contributed by atoms with Crippen LogP contribution in [0.1, 0.15) is 0 Å². The minimum atomic E-state index is -0.314. The van der Waals surface area contributed by atoms with E-state index in [2.05, 4.69) is 390 Å². The van der Waals surface area contributed by atoms with Crippen LogP contribution in [0.4, 0.5) is 34.1 Å². The number of furan rings is 1. The Morgan fingerprint density at radius 1 is 0.233 bits per heavy atom. The van der Waals surface area contributed by atoms with Gasteiger partial charge in [0.1, 0.15) is 11.2 Å². The molecule has 17 aromatic carbocycles. The summed E-state index contributed by atoms with van der Waals surface area (Å²) in [7, 11) is 0. The van der Waals surface area contributed by atoms with Crippen molar-refractivity contribution in [2.24, 2.45) is 0 Å². The molecule has 0 aliphatic carbocycles. The first-order valence-electron chi connectivity index (χ1n) is 35.6. The molecular weight excluding hydrogens is 1250 g/mol. The molecule has 0 spiro atoms. The predicted molar refractivity (Wildman–Crippen MR) is 435 cm³/mol. The molecule has 0 unspecified atom stereocenters. The molecule has 21 rings (SSSR count). The Hall–Kier alpha value is -13.5. The lowest BCUT2D eigenvalue weighted by Gasteiger charge is -2.46.